The molecule has 21 heavy (non-hydrogen) atoms. The third kappa shape index (κ3) is 5.29. The van der Waals surface area contributed by atoms with Crippen LogP contribution in [0.3, 0.4) is 0 Å². The van der Waals surface area contributed by atoms with Gasteiger partial charge < -0.3 is 19.3 Å². The van der Waals surface area contributed by atoms with E-state index in [0.717, 1.165) is 11.8 Å². The predicted molar refractivity (Wildman–Crippen MR) is 74.3 cm³/mol. The molecule has 0 aromatic heterocycles. The summed E-state index contributed by atoms with van der Waals surface area (Å²) < 4.78 is 15.6. The van der Waals surface area contributed by atoms with Crippen molar-refractivity contribution in [2.24, 2.45) is 5.92 Å². The molecular weight excluding hydrogens is 300 g/mol. The summed E-state index contributed by atoms with van der Waals surface area (Å²) in [7, 11) is 0. The molecule has 0 bridgehead atoms. The van der Waals surface area contributed by atoms with E-state index in [9.17, 15) is 19.5 Å². The van der Waals surface area contributed by atoms with Gasteiger partial charge >= 0.3 is 11.9 Å². The van der Waals surface area contributed by atoms with Gasteiger partial charge in [0, 0.05) is 26.7 Å². The van der Waals surface area contributed by atoms with Crippen LogP contribution in [-0.4, -0.2) is 52.5 Å². The van der Waals surface area contributed by atoms with Crippen LogP contribution in [0.4, 0.5) is 0 Å². The topological polar surface area (TPSA) is 99.1 Å². The number of esters is 2. The lowest BCUT2D eigenvalue weighted by Gasteiger charge is -2.42. The Morgan fingerprint density at radius 1 is 1.19 bits per heavy atom. The summed E-state index contributed by atoms with van der Waals surface area (Å²) in [6, 6.07) is 0. The predicted octanol–water partition coefficient (Wildman–Crippen LogP) is 0.483. The number of carbonyl (C=O) groups is 3. The molecule has 2 unspecified atom stereocenters. The van der Waals surface area contributed by atoms with Crippen molar-refractivity contribution in [3.05, 3.63) is 0 Å². The van der Waals surface area contributed by atoms with Crippen LogP contribution in [-0.2, 0) is 28.6 Å². The summed E-state index contributed by atoms with van der Waals surface area (Å²) in [5.41, 5.74) is -0.745. The monoisotopic (exact) mass is 320 g/mol. The lowest BCUT2D eigenvalue weighted by atomic mass is 9.91. The largest absolute Gasteiger partial charge is 0.463 e. The molecule has 0 radical (unpaired) electrons. The highest BCUT2D eigenvalue weighted by atomic mass is 32.2. The second-order valence-electron chi connectivity index (χ2n) is 4.88. The molecule has 0 saturated carbocycles. The minimum atomic E-state index is -0.975. The summed E-state index contributed by atoms with van der Waals surface area (Å²) in [6.45, 7) is 5.44. The van der Waals surface area contributed by atoms with Crippen LogP contribution < -0.4 is 0 Å². The Kier molecular flexibility index (Phi) is 6.63. The molecule has 0 aromatic rings. The Morgan fingerprint density at radius 2 is 1.81 bits per heavy atom. The third-order valence-corrected chi connectivity index (χ3v) is 3.99. The number of thioether (sulfide) groups is 1. The molecule has 0 spiro atoms. The van der Waals surface area contributed by atoms with E-state index in [1.807, 2.05) is 0 Å². The fourth-order valence-electron chi connectivity index (χ4n) is 2.06. The maximum absolute atomic E-state index is 11.3. The van der Waals surface area contributed by atoms with Crippen LogP contribution in [0.5, 0.6) is 0 Å². The molecule has 5 atom stereocenters. The first-order valence-corrected chi connectivity index (χ1v) is 7.41. The van der Waals surface area contributed by atoms with Crippen LogP contribution in [0.25, 0.3) is 0 Å². The standard InChI is InChI=1S/C13H20O7S/c1-6-11(17)10(5-18-7(2)14)20-13(21-9(4)16)12(6)19-8(3)15/h6,10-13,17H,5H2,1-4H3/t6-,10?,11+,12?,13+/m0/s1. The van der Waals surface area contributed by atoms with Gasteiger partial charge in [-0.05, 0) is 0 Å². The van der Waals surface area contributed by atoms with Gasteiger partial charge in [0.2, 0.25) is 0 Å². The molecule has 1 aliphatic heterocycles. The first kappa shape index (κ1) is 17.9. The normalized spacial score (nSPS) is 32.3. The zero-order chi connectivity index (χ0) is 16.2. The molecule has 1 rings (SSSR count). The van der Waals surface area contributed by atoms with E-state index in [-0.39, 0.29) is 11.7 Å². The molecule has 1 N–H and O–H groups in total. The Hall–Kier alpha value is -1.12. The molecule has 1 aliphatic rings. The van der Waals surface area contributed by atoms with Crippen LogP contribution in [0.1, 0.15) is 27.7 Å². The molecule has 1 saturated heterocycles. The van der Waals surface area contributed by atoms with Gasteiger partial charge in [-0.15, -0.1) is 0 Å². The van der Waals surface area contributed by atoms with Crippen LogP contribution in [0.15, 0.2) is 0 Å². The number of hydrogen-bond donors (Lipinski definition) is 1. The van der Waals surface area contributed by atoms with Crippen LogP contribution in [0.2, 0.25) is 0 Å². The molecule has 0 aliphatic carbocycles. The highest BCUT2D eigenvalue weighted by molar-refractivity contribution is 8.14. The van der Waals surface area contributed by atoms with Gasteiger partial charge in [-0.3, -0.25) is 14.4 Å². The van der Waals surface area contributed by atoms with E-state index < -0.39 is 41.6 Å². The second-order valence-corrected chi connectivity index (χ2v) is 6.15. The first-order chi connectivity index (χ1) is 9.72. The number of carbonyl (C=O) groups excluding carboxylic acids is 3. The highest BCUT2D eigenvalue weighted by Crippen LogP contribution is 2.34. The van der Waals surface area contributed by atoms with Crippen LogP contribution >= 0.6 is 11.8 Å². The Labute approximate surface area is 127 Å². The van der Waals surface area contributed by atoms with Crippen molar-refractivity contribution in [1.29, 1.82) is 0 Å². The van der Waals surface area contributed by atoms with E-state index >= 15 is 0 Å². The van der Waals surface area contributed by atoms with Crippen molar-refractivity contribution in [3.8, 4) is 0 Å². The molecule has 120 valence electrons. The number of aliphatic hydroxyl groups is 1. The minimum Gasteiger partial charge on any atom is -0.463 e. The SMILES string of the molecule is CC(=O)OCC1O[C@H](SC(C)=O)C(OC(C)=O)[C@@H](C)[C@H]1O. The van der Waals surface area contributed by atoms with E-state index in [2.05, 4.69) is 0 Å². The molecule has 8 heteroatoms. The lowest BCUT2D eigenvalue weighted by Crippen LogP contribution is -2.55. The molecule has 0 aromatic carbocycles. The highest BCUT2D eigenvalue weighted by Gasteiger charge is 2.45. The zero-order valence-corrected chi connectivity index (χ0v) is 13.2. The third-order valence-electron chi connectivity index (χ3n) is 3.05. The van der Waals surface area contributed by atoms with Crippen molar-refractivity contribution < 1.29 is 33.7 Å². The number of hydrogen-bond acceptors (Lipinski definition) is 8. The average Bonchev–Trinajstić information content (AvgIpc) is 2.35. The van der Waals surface area contributed by atoms with Crippen molar-refractivity contribution in [2.75, 3.05) is 6.61 Å². The van der Waals surface area contributed by atoms with Gasteiger partial charge in [-0.2, -0.15) is 0 Å². The molecular formula is C13H20O7S. The summed E-state index contributed by atoms with van der Waals surface area (Å²) in [4.78, 5) is 33.3. The van der Waals surface area contributed by atoms with Crippen molar-refractivity contribution >= 4 is 28.8 Å². The van der Waals surface area contributed by atoms with Gasteiger partial charge in [0.05, 0.1) is 6.10 Å². The summed E-state index contributed by atoms with van der Waals surface area (Å²) in [5.74, 6) is -1.47. The number of aliphatic hydroxyl groups excluding tert-OH is 1. The fourth-order valence-corrected chi connectivity index (χ4v) is 3.02. The van der Waals surface area contributed by atoms with Crippen molar-refractivity contribution in [1.82, 2.24) is 0 Å². The number of rotatable bonds is 4. The quantitative estimate of drug-likeness (QED) is 0.747. The van der Waals surface area contributed by atoms with Crippen LogP contribution in [0, 0.1) is 5.92 Å². The van der Waals surface area contributed by atoms with Gasteiger partial charge in [0.25, 0.3) is 0 Å². The molecule has 7 nitrogen and oxygen atoms in total. The molecule has 1 fully saturated rings. The van der Waals surface area contributed by atoms with Gasteiger partial charge in [0.15, 0.2) is 5.12 Å². The first-order valence-electron chi connectivity index (χ1n) is 6.53. The summed E-state index contributed by atoms with van der Waals surface area (Å²) in [6.07, 6.45) is -2.50. The van der Waals surface area contributed by atoms with Gasteiger partial charge in [-0.25, -0.2) is 0 Å². The van der Waals surface area contributed by atoms with Gasteiger partial charge in [-0.1, -0.05) is 18.7 Å². The molecule has 0 amide bonds. The maximum atomic E-state index is 11.3. The van der Waals surface area contributed by atoms with E-state index in [0.29, 0.717) is 0 Å². The fraction of sp³-hybridized carbons (Fsp3) is 0.769. The Balaban J connectivity index is 2.84. The van der Waals surface area contributed by atoms with E-state index in [1.54, 1.807) is 6.92 Å². The second kappa shape index (κ2) is 7.77. The smallest absolute Gasteiger partial charge is 0.303 e. The van der Waals surface area contributed by atoms with Crippen molar-refractivity contribution in [2.45, 2.75) is 51.4 Å². The number of ether oxygens (including phenoxy) is 3. The summed E-state index contributed by atoms with van der Waals surface area (Å²) in [5, 5.41) is 9.98. The summed E-state index contributed by atoms with van der Waals surface area (Å²) >= 11 is 0.879. The lowest BCUT2D eigenvalue weighted by molar-refractivity contribution is -0.201. The maximum Gasteiger partial charge on any atom is 0.303 e. The minimum absolute atomic E-state index is 0.122. The molecule has 1 heterocycles. The van der Waals surface area contributed by atoms with Crippen molar-refractivity contribution in [3.63, 3.8) is 0 Å². The Bertz CT molecular complexity index is 409. The average molecular weight is 320 g/mol. The van der Waals surface area contributed by atoms with Gasteiger partial charge in [0.1, 0.15) is 24.3 Å². The van der Waals surface area contributed by atoms with E-state index in [1.165, 1.54) is 20.8 Å². The Morgan fingerprint density at radius 3 is 2.29 bits per heavy atom. The zero-order valence-electron chi connectivity index (χ0n) is 12.4. The van der Waals surface area contributed by atoms with E-state index in [4.69, 9.17) is 14.2 Å².